The Bertz CT molecular complexity index is 773. The van der Waals surface area contributed by atoms with Gasteiger partial charge in [0, 0.05) is 31.2 Å². The summed E-state index contributed by atoms with van der Waals surface area (Å²) in [6.07, 6.45) is 0. The number of carboxylic acids is 1. The topological polar surface area (TPSA) is 102 Å². The number of hydrogen-bond acceptors (Lipinski definition) is 5. The summed E-state index contributed by atoms with van der Waals surface area (Å²) in [5.74, 6) is -1.91. The summed E-state index contributed by atoms with van der Waals surface area (Å²) in [5.41, 5.74) is 0.913. The number of carbonyl (C=O) groups is 3. The summed E-state index contributed by atoms with van der Waals surface area (Å²) in [4.78, 5) is 40.8. The second kappa shape index (κ2) is 10.7. The van der Waals surface area contributed by atoms with Crippen LogP contribution in [-0.2, 0) is 20.9 Å². The third kappa shape index (κ3) is 5.93. The minimum absolute atomic E-state index is 0.180. The normalized spacial score (nSPS) is 19.4. The molecule has 0 aromatic heterocycles. The lowest BCUT2D eigenvalue weighted by molar-refractivity contribution is -0.155. The number of carbonyl (C=O) groups excluding carboxylic acids is 2. The highest BCUT2D eigenvalue weighted by atomic mass is 35.5. The number of likely N-dealkylation sites (N-methyl/N-ethyl adjacent to an activating group) is 1. The average Bonchev–Trinajstić information content (AvgIpc) is 2.72. The second-order valence-electron chi connectivity index (χ2n) is 7.95. The first-order valence-corrected chi connectivity index (χ1v) is 10.5. The highest BCUT2D eigenvalue weighted by Crippen LogP contribution is 2.21. The maximum Gasteiger partial charge on any atom is 0.327 e. The van der Waals surface area contributed by atoms with Crippen molar-refractivity contribution in [3.05, 3.63) is 34.9 Å². The van der Waals surface area contributed by atoms with E-state index in [-0.39, 0.29) is 30.8 Å². The Kier molecular flexibility index (Phi) is 8.64. The van der Waals surface area contributed by atoms with Crippen molar-refractivity contribution < 1.29 is 19.5 Å². The number of piperazine rings is 1. The fourth-order valence-electron chi connectivity index (χ4n) is 3.43. The van der Waals surface area contributed by atoms with Crippen LogP contribution in [0.15, 0.2) is 24.3 Å². The van der Waals surface area contributed by atoms with Gasteiger partial charge in [-0.05, 0) is 31.5 Å². The van der Waals surface area contributed by atoms with Gasteiger partial charge >= 0.3 is 5.97 Å². The minimum Gasteiger partial charge on any atom is -0.480 e. The molecule has 0 bridgehead atoms. The molecular weight excluding hydrogens is 408 g/mol. The molecule has 8 nitrogen and oxygen atoms in total. The Morgan fingerprint density at radius 2 is 1.87 bits per heavy atom. The van der Waals surface area contributed by atoms with Gasteiger partial charge in [-0.2, -0.15) is 0 Å². The number of aliphatic carboxylic acids is 1. The van der Waals surface area contributed by atoms with Crippen LogP contribution in [0.4, 0.5) is 0 Å². The summed E-state index contributed by atoms with van der Waals surface area (Å²) < 4.78 is 0. The molecule has 1 saturated heterocycles. The van der Waals surface area contributed by atoms with E-state index in [0.29, 0.717) is 18.1 Å². The van der Waals surface area contributed by atoms with Crippen LogP contribution in [0.1, 0.15) is 26.3 Å². The van der Waals surface area contributed by atoms with E-state index in [1.54, 1.807) is 20.0 Å². The molecule has 2 amide bonds. The number of nitrogens with one attached hydrogen (secondary N) is 2. The SMILES string of the molecule is CN[C@@H](C)C(=O)N[C@H](C(=O)N1CCN(Cc2ccccc2Cl)C[C@H]1C(=O)O)C(C)C. The summed E-state index contributed by atoms with van der Waals surface area (Å²) in [7, 11) is 1.66. The molecule has 0 spiro atoms. The van der Waals surface area contributed by atoms with Gasteiger partial charge in [-0.25, -0.2) is 4.79 Å². The molecule has 0 aliphatic carbocycles. The van der Waals surface area contributed by atoms with E-state index in [1.165, 1.54) is 4.90 Å². The van der Waals surface area contributed by atoms with Crippen molar-refractivity contribution in [1.82, 2.24) is 20.4 Å². The van der Waals surface area contributed by atoms with Gasteiger partial charge in [0.05, 0.1) is 6.04 Å². The summed E-state index contributed by atoms with van der Waals surface area (Å²) in [6, 6.07) is 5.20. The number of carboxylic acid groups (broad SMARTS) is 1. The van der Waals surface area contributed by atoms with Crippen molar-refractivity contribution in [3.63, 3.8) is 0 Å². The number of nitrogens with zero attached hydrogens (tertiary/aromatic N) is 2. The van der Waals surface area contributed by atoms with Gasteiger partial charge < -0.3 is 20.6 Å². The number of rotatable bonds is 8. The maximum atomic E-state index is 13.2. The van der Waals surface area contributed by atoms with Gasteiger partial charge in [0.25, 0.3) is 0 Å². The molecule has 9 heteroatoms. The lowest BCUT2D eigenvalue weighted by Gasteiger charge is -2.41. The van der Waals surface area contributed by atoms with E-state index in [1.807, 2.05) is 36.9 Å². The molecular formula is C21H31ClN4O4. The van der Waals surface area contributed by atoms with Crippen molar-refractivity contribution in [2.75, 3.05) is 26.7 Å². The molecule has 1 aliphatic rings. The van der Waals surface area contributed by atoms with Gasteiger partial charge in [0.2, 0.25) is 11.8 Å². The smallest absolute Gasteiger partial charge is 0.327 e. The first-order valence-electron chi connectivity index (χ1n) is 10.1. The Labute approximate surface area is 182 Å². The molecule has 0 unspecified atom stereocenters. The quantitative estimate of drug-likeness (QED) is 0.563. The largest absolute Gasteiger partial charge is 0.480 e. The molecule has 166 valence electrons. The molecule has 1 heterocycles. The van der Waals surface area contributed by atoms with Crippen LogP contribution in [0, 0.1) is 5.92 Å². The Hall–Kier alpha value is -2.16. The van der Waals surface area contributed by atoms with Crippen molar-refractivity contribution in [1.29, 1.82) is 0 Å². The maximum absolute atomic E-state index is 13.2. The summed E-state index contributed by atoms with van der Waals surface area (Å²) in [6.45, 7) is 6.85. The zero-order chi connectivity index (χ0) is 22.4. The lowest BCUT2D eigenvalue weighted by atomic mass is 10.00. The van der Waals surface area contributed by atoms with Gasteiger partial charge in [-0.1, -0.05) is 43.6 Å². The Morgan fingerprint density at radius 1 is 1.20 bits per heavy atom. The van der Waals surface area contributed by atoms with Gasteiger partial charge in [-0.15, -0.1) is 0 Å². The van der Waals surface area contributed by atoms with Gasteiger partial charge in [0.15, 0.2) is 0 Å². The molecule has 0 saturated carbocycles. The lowest BCUT2D eigenvalue weighted by Crippen LogP contribution is -2.63. The predicted molar refractivity (Wildman–Crippen MR) is 115 cm³/mol. The van der Waals surface area contributed by atoms with Gasteiger partial charge in [-0.3, -0.25) is 14.5 Å². The summed E-state index contributed by atoms with van der Waals surface area (Å²) in [5, 5.41) is 16.0. The number of benzene rings is 1. The monoisotopic (exact) mass is 438 g/mol. The van der Waals surface area contributed by atoms with Crippen molar-refractivity contribution >= 4 is 29.4 Å². The number of amides is 2. The minimum atomic E-state index is -1.07. The third-order valence-electron chi connectivity index (χ3n) is 5.44. The average molecular weight is 439 g/mol. The fraction of sp³-hybridized carbons (Fsp3) is 0.571. The highest BCUT2D eigenvalue weighted by molar-refractivity contribution is 6.31. The molecule has 2 rings (SSSR count). The zero-order valence-electron chi connectivity index (χ0n) is 17.9. The first-order chi connectivity index (χ1) is 14.1. The van der Waals surface area contributed by atoms with Crippen LogP contribution in [0.2, 0.25) is 5.02 Å². The second-order valence-corrected chi connectivity index (χ2v) is 8.36. The highest BCUT2D eigenvalue weighted by Gasteiger charge is 2.39. The van der Waals surface area contributed by atoms with Crippen LogP contribution in [0.25, 0.3) is 0 Å². The molecule has 30 heavy (non-hydrogen) atoms. The molecule has 1 aromatic rings. The molecule has 1 aromatic carbocycles. The number of halogens is 1. The van der Waals surface area contributed by atoms with E-state index in [0.717, 1.165) is 5.56 Å². The van der Waals surface area contributed by atoms with Gasteiger partial charge in [0.1, 0.15) is 12.1 Å². The van der Waals surface area contributed by atoms with Crippen molar-refractivity contribution in [3.8, 4) is 0 Å². The van der Waals surface area contributed by atoms with Crippen molar-refractivity contribution in [2.24, 2.45) is 5.92 Å². The van der Waals surface area contributed by atoms with E-state index >= 15 is 0 Å². The van der Waals surface area contributed by atoms with E-state index < -0.39 is 24.1 Å². The summed E-state index contributed by atoms with van der Waals surface area (Å²) >= 11 is 6.23. The molecule has 1 fully saturated rings. The third-order valence-corrected chi connectivity index (χ3v) is 5.81. The van der Waals surface area contributed by atoms with Crippen LogP contribution in [0.5, 0.6) is 0 Å². The van der Waals surface area contributed by atoms with E-state index in [2.05, 4.69) is 10.6 Å². The first kappa shape index (κ1) is 24.1. The standard InChI is InChI=1S/C21H31ClN4O4/c1-13(2)18(24-19(27)14(3)23-4)20(28)26-10-9-25(12-17(26)21(29)30)11-15-7-5-6-8-16(15)22/h5-8,13-14,17-18,23H,9-12H2,1-4H3,(H,24,27)(H,29,30)/t14-,17-,18-/m0/s1. The fourth-order valence-corrected chi connectivity index (χ4v) is 3.62. The van der Waals surface area contributed by atoms with E-state index in [4.69, 9.17) is 11.6 Å². The molecule has 3 atom stereocenters. The zero-order valence-corrected chi connectivity index (χ0v) is 18.6. The number of hydrogen-bond donors (Lipinski definition) is 3. The van der Waals surface area contributed by atoms with Crippen LogP contribution < -0.4 is 10.6 Å². The molecule has 0 radical (unpaired) electrons. The molecule has 3 N–H and O–H groups in total. The van der Waals surface area contributed by atoms with Crippen molar-refractivity contribution in [2.45, 2.75) is 45.4 Å². The van der Waals surface area contributed by atoms with E-state index in [9.17, 15) is 19.5 Å². The molecule has 1 aliphatic heterocycles. The Morgan fingerprint density at radius 3 is 2.43 bits per heavy atom. The van der Waals surface area contributed by atoms with Crippen LogP contribution in [-0.4, -0.2) is 77.5 Å². The predicted octanol–water partition coefficient (Wildman–Crippen LogP) is 1.19. The Balaban J connectivity index is 2.13. The van der Waals surface area contributed by atoms with Crippen LogP contribution in [0.3, 0.4) is 0 Å². The van der Waals surface area contributed by atoms with Crippen LogP contribution >= 0.6 is 11.6 Å².